The van der Waals surface area contributed by atoms with Crippen molar-refractivity contribution in [2.75, 3.05) is 32.8 Å². The lowest BCUT2D eigenvalue weighted by Gasteiger charge is -2.25. The Hall–Kier alpha value is -4.84. The number of hydrogen-bond donors (Lipinski definition) is 4. The summed E-state index contributed by atoms with van der Waals surface area (Å²) in [6.45, 7) is 4.90. The molecule has 0 amide bonds. The van der Waals surface area contributed by atoms with Crippen molar-refractivity contribution in [1.29, 1.82) is 5.26 Å². The molecule has 5 rings (SSSR count). The van der Waals surface area contributed by atoms with E-state index in [0.717, 1.165) is 24.1 Å². The normalized spacial score (nSPS) is 15.5. The minimum atomic E-state index is -2.79. The van der Waals surface area contributed by atoms with Crippen LogP contribution in [-0.4, -0.2) is 75.7 Å². The van der Waals surface area contributed by atoms with Crippen LogP contribution in [0.4, 0.5) is 8.78 Å². The lowest BCUT2D eigenvalue weighted by atomic mass is 9.93. The smallest absolute Gasteiger partial charge is 0.326 e. The van der Waals surface area contributed by atoms with Gasteiger partial charge in [-0.15, -0.1) is 0 Å². The van der Waals surface area contributed by atoms with Gasteiger partial charge in [-0.3, -0.25) is 15.1 Å². The van der Waals surface area contributed by atoms with E-state index in [1.165, 1.54) is 13.1 Å². The number of aliphatic hydroxyl groups is 2. The number of pyridine rings is 1. The SMILES string of the molecule is Cc1c(COc2cc(OCc3cncc(C#N)c3)c(CN[C@@](C)(CO)C(=O)O)cc2Cl)cccc1-c1cccc(OCCCN2CCC(O)C2)c1C(F)F. The molecule has 0 spiro atoms. The Bertz CT molecular complexity index is 1980. The van der Waals surface area contributed by atoms with Crippen LogP contribution in [0.3, 0.4) is 0 Å². The number of aromatic nitrogens is 1. The van der Waals surface area contributed by atoms with Crippen molar-refractivity contribution in [2.45, 2.75) is 64.5 Å². The van der Waals surface area contributed by atoms with Crippen molar-refractivity contribution < 1.29 is 43.1 Å². The van der Waals surface area contributed by atoms with Gasteiger partial charge in [-0.1, -0.05) is 41.9 Å². The summed E-state index contributed by atoms with van der Waals surface area (Å²) < 4.78 is 47.5. The van der Waals surface area contributed by atoms with Gasteiger partial charge in [-0.2, -0.15) is 5.26 Å². The number of likely N-dealkylation sites (tertiary alicyclic amines) is 1. The van der Waals surface area contributed by atoms with Crippen molar-refractivity contribution in [3.05, 3.63) is 105 Å². The number of ether oxygens (including phenoxy) is 3. The Morgan fingerprint density at radius 2 is 1.83 bits per heavy atom. The molecule has 14 heteroatoms. The zero-order valence-corrected chi connectivity index (χ0v) is 30.8. The molecule has 0 saturated carbocycles. The Labute approximate surface area is 317 Å². The molecule has 0 radical (unpaired) electrons. The van der Waals surface area contributed by atoms with Gasteiger partial charge in [0.2, 0.25) is 0 Å². The zero-order chi connectivity index (χ0) is 38.8. The molecule has 11 nitrogen and oxygen atoms in total. The van der Waals surface area contributed by atoms with E-state index in [1.807, 2.05) is 19.1 Å². The number of hydrogen-bond acceptors (Lipinski definition) is 10. The second kappa shape index (κ2) is 18.5. The van der Waals surface area contributed by atoms with E-state index in [2.05, 4.69) is 15.2 Å². The number of rotatable bonds is 18. The summed E-state index contributed by atoms with van der Waals surface area (Å²) in [6.07, 6.45) is 1.23. The second-order valence-electron chi connectivity index (χ2n) is 13.4. The Balaban J connectivity index is 1.36. The number of β-amino-alcohol motifs (C(OH)–C–C–N with tert-alkyl or cyclic N) is 1. The fourth-order valence-electron chi connectivity index (χ4n) is 6.14. The van der Waals surface area contributed by atoms with Gasteiger partial charge in [0.25, 0.3) is 6.43 Å². The molecule has 1 aliphatic heterocycles. The van der Waals surface area contributed by atoms with E-state index in [9.17, 15) is 34.2 Å². The fraction of sp³-hybridized carbons (Fsp3) is 0.375. The van der Waals surface area contributed by atoms with Crippen LogP contribution in [0.1, 0.15) is 59.6 Å². The number of nitrogens with zero attached hydrogens (tertiary/aromatic N) is 3. The van der Waals surface area contributed by atoms with Gasteiger partial charge in [0.05, 0.1) is 35.5 Å². The molecule has 54 heavy (non-hydrogen) atoms. The van der Waals surface area contributed by atoms with Gasteiger partial charge in [0.1, 0.15) is 42.1 Å². The molecule has 2 heterocycles. The van der Waals surface area contributed by atoms with Crippen LogP contribution in [0.15, 0.2) is 67.0 Å². The van der Waals surface area contributed by atoms with Gasteiger partial charge in [0.15, 0.2) is 0 Å². The lowest BCUT2D eigenvalue weighted by molar-refractivity contribution is -0.145. The highest BCUT2D eigenvalue weighted by atomic mass is 35.5. The third-order valence-corrected chi connectivity index (χ3v) is 9.71. The van der Waals surface area contributed by atoms with Crippen LogP contribution in [-0.2, 0) is 24.6 Å². The number of carboxylic acid groups (broad SMARTS) is 1. The van der Waals surface area contributed by atoms with Crippen molar-refractivity contribution in [1.82, 2.24) is 15.2 Å². The van der Waals surface area contributed by atoms with Gasteiger partial charge < -0.3 is 34.4 Å². The van der Waals surface area contributed by atoms with Crippen molar-refractivity contribution in [2.24, 2.45) is 0 Å². The highest BCUT2D eigenvalue weighted by Gasteiger charge is 2.32. The minimum absolute atomic E-state index is 0.0196. The number of benzene rings is 3. The molecule has 1 aliphatic rings. The van der Waals surface area contributed by atoms with Gasteiger partial charge >= 0.3 is 5.97 Å². The average Bonchev–Trinajstić information content (AvgIpc) is 3.59. The van der Waals surface area contributed by atoms with E-state index < -0.39 is 24.5 Å². The predicted octanol–water partition coefficient (Wildman–Crippen LogP) is 6.44. The van der Waals surface area contributed by atoms with Gasteiger partial charge in [-0.05, 0) is 67.1 Å². The van der Waals surface area contributed by atoms with E-state index in [0.29, 0.717) is 53.1 Å². The summed E-state index contributed by atoms with van der Waals surface area (Å²) in [7, 11) is 0. The summed E-state index contributed by atoms with van der Waals surface area (Å²) in [4.78, 5) is 18.0. The molecule has 286 valence electrons. The number of carboxylic acids is 1. The second-order valence-corrected chi connectivity index (χ2v) is 13.8. The maximum Gasteiger partial charge on any atom is 0.326 e. The first kappa shape index (κ1) is 40.3. The van der Waals surface area contributed by atoms with Crippen LogP contribution in [0.5, 0.6) is 17.2 Å². The van der Waals surface area contributed by atoms with E-state index in [1.54, 1.807) is 54.7 Å². The average molecular weight is 765 g/mol. The van der Waals surface area contributed by atoms with Crippen LogP contribution < -0.4 is 19.5 Å². The highest BCUT2D eigenvalue weighted by Crippen LogP contribution is 2.40. The largest absolute Gasteiger partial charge is 0.493 e. The molecule has 0 aliphatic carbocycles. The summed E-state index contributed by atoms with van der Waals surface area (Å²) in [6, 6.07) is 17.1. The molecule has 2 atom stereocenters. The molecule has 4 aromatic rings. The predicted molar refractivity (Wildman–Crippen MR) is 198 cm³/mol. The summed E-state index contributed by atoms with van der Waals surface area (Å²) in [5, 5.41) is 41.4. The number of nitriles is 1. The molecule has 1 fully saturated rings. The number of alkyl halides is 2. The van der Waals surface area contributed by atoms with Gasteiger partial charge in [0, 0.05) is 55.8 Å². The molecule has 3 aromatic carbocycles. The number of nitrogens with one attached hydrogen (secondary N) is 1. The third kappa shape index (κ3) is 10.0. The Kier molecular flexibility index (Phi) is 13.8. The first-order valence-electron chi connectivity index (χ1n) is 17.5. The molecule has 1 saturated heterocycles. The van der Waals surface area contributed by atoms with Crippen LogP contribution in [0.25, 0.3) is 11.1 Å². The first-order valence-corrected chi connectivity index (χ1v) is 17.8. The Morgan fingerprint density at radius 3 is 2.54 bits per heavy atom. The van der Waals surface area contributed by atoms with Crippen LogP contribution in [0.2, 0.25) is 5.02 Å². The fourth-order valence-corrected chi connectivity index (χ4v) is 6.38. The van der Waals surface area contributed by atoms with E-state index in [-0.39, 0.29) is 54.6 Å². The molecular formula is C40H43ClF2N4O7. The molecule has 1 unspecified atom stereocenters. The van der Waals surface area contributed by atoms with Crippen molar-refractivity contribution in [3.63, 3.8) is 0 Å². The van der Waals surface area contributed by atoms with E-state index >= 15 is 0 Å². The standard InChI is InChI=1S/C40H43ClF2N4O7/c1-25-28(6-3-7-31(25)32-8-4-9-34(37(32)38(42)43)52-13-5-11-47-12-10-30(49)21-47)23-54-36-16-35(53-22-27-14-26(17-44)18-45-19-27)29(15-33(36)41)20-46-40(2,24-48)39(50)51/h3-4,6-9,14-16,18-19,30,38,46,48-49H,5,10-13,20-24H2,1-2H3,(H,50,51)/t30?,40-/m0/s1. The molecule has 0 bridgehead atoms. The summed E-state index contributed by atoms with van der Waals surface area (Å²) >= 11 is 6.68. The third-order valence-electron chi connectivity index (χ3n) is 9.42. The monoisotopic (exact) mass is 764 g/mol. The minimum Gasteiger partial charge on any atom is -0.493 e. The van der Waals surface area contributed by atoms with Crippen LogP contribution >= 0.6 is 11.6 Å². The maximum absolute atomic E-state index is 14.6. The van der Waals surface area contributed by atoms with Crippen molar-refractivity contribution in [3.8, 4) is 34.4 Å². The molecule has 1 aromatic heterocycles. The maximum atomic E-state index is 14.6. The summed E-state index contributed by atoms with van der Waals surface area (Å²) in [5.41, 5.74) is 2.00. The summed E-state index contributed by atoms with van der Waals surface area (Å²) in [5.74, 6) is -0.571. The van der Waals surface area contributed by atoms with Crippen molar-refractivity contribution >= 4 is 17.6 Å². The zero-order valence-electron chi connectivity index (χ0n) is 30.0. The number of halogens is 3. The Morgan fingerprint density at radius 1 is 1.07 bits per heavy atom. The van der Waals surface area contributed by atoms with Gasteiger partial charge in [-0.25, -0.2) is 8.78 Å². The molecule has 4 N–H and O–H groups in total. The van der Waals surface area contributed by atoms with Crippen LogP contribution in [0, 0.1) is 18.3 Å². The molecular weight excluding hydrogens is 722 g/mol. The number of aliphatic carboxylic acids is 1. The lowest BCUT2D eigenvalue weighted by Crippen LogP contribution is -2.52. The quantitative estimate of drug-likeness (QED) is 0.0827. The number of carbonyl (C=O) groups is 1. The topological polar surface area (TPSA) is 157 Å². The van der Waals surface area contributed by atoms with E-state index in [4.69, 9.17) is 25.8 Å². The number of aliphatic hydroxyl groups excluding tert-OH is 2. The first-order chi connectivity index (χ1) is 25.9. The highest BCUT2D eigenvalue weighted by molar-refractivity contribution is 6.32.